The maximum atomic E-state index is 12.9. The summed E-state index contributed by atoms with van der Waals surface area (Å²) in [6, 6.07) is 9.90. The average Bonchev–Trinajstić information content (AvgIpc) is 2.76. The van der Waals surface area contributed by atoms with E-state index in [2.05, 4.69) is 0 Å². The van der Waals surface area contributed by atoms with Gasteiger partial charge in [0.25, 0.3) is 0 Å². The number of hydrogen-bond donors (Lipinski definition) is 1. The third-order valence-electron chi connectivity index (χ3n) is 3.20. The van der Waals surface area contributed by atoms with Gasteiger partial charge in [0.2, 0.25) is 0 Å². The van der Waals surface area contributed by atoms with E-state index in [1.165, 1.54) is 36.4 Å². The highest BCUT2D eigenvalue weighted by atomic mass is 19.1. The normalized spacial score (nSPS) is 16.6. The van der Waals surface area contributed by atoms with Crippen LogP contribution in [0.25, 0.3) is 0 Å². The molecule has 0 radical (unpaired) electrons. The van der Waals surface area contributed by atoms with Crippen molar-refractivity contribution in [3.63, 3.8) is 0 Å². The molecule has 1 aliphatic heterocycles. The molecule has 100 valence electrons. The van der Waals surface area contributed by atoms with Gasteiger partial charge in [0.05, 0.1) is 11.1 Å². The number of ether oxygens (including phenoxy) is 1. The van der Waals surface area contributed by atoms with Crippen LogP contribution < -0.4 is 0 Å². The molecule has 1 unspecified atom stereocenters. The third-order valence-corrected chi connectivity index (χ3v) is 3.20. The highest BCUT2D eigenvalue weighted by molar-refractivity contribution is 5.98. The van der Waals surface area contributed by atoms with Crippen LogP contribution in [0.4, 0.5) is 4.39 Å². The highest BCUT2D eigenvalue weighted by Crippen LogP contribution is 2.36. The summed E-state index contributed by atoms with van der Waals surface area (Å²) in [5.41, 5.74) is 1.49. The van der Waals surface area contributed by atoms with E-state index in [0.717, 1.165) is 0 Å². The fourth-order valence-corrected chi connectivity index (χ4v) is 2.21. The molecule has 5 heteroatoms. The number of aromatic carboxylic acids is 1. The Kier molecular flexibility index (Phi) is 2.75. The lowest BCUT2D eigenvalue weighted by Gasteiger charge is -2.10. The predicted octanol–water partition coefficient (Wildman–Crippen LogP) is 2.78. The molecule has 1 atom stereocenters. The zero-order valence-corrected chi connectivity index (χ0v) is 10.2. The largest absolute Gasteiger partial charge is 0.478 e. The van der Waals surface area contributed by atoms with Crippen molar-refractivity contribution in [2.75, 3.05) is 0 Å². The molecule has 1 heterocycles. The zero-order valence-electron chi connectivity index (χ0n) is 10.2. The molecule has 0 aromatic heterocycles. The third kappa shape index (κ3) is 1.93. The molecular weight excluding hydrogens is 263 g/mol. The van der Waals surface area contributed by atoms with Gasteiger partial charge in [-0.15, -0.1) is 0 Å². The number of carbonyl (C=O) groups excluding carboxylic acids is 1. The summed E-state index contributed by atoms with van der Waals surface area (Å²) in [5.74, 6) is -2.05. The Morgan fingerprint density at radius 2 is 1.85 bits per heavy atom. The Labute approximate surface area is 113 Å². The monoisotopic (exact) mass is 272 g/mol. The Balaban J connectivity index is 2.06. The molecule has 1 aliphatic rings. The fourth-order valence-electron chi connectivity index (χ4n) is 2.21. The number of benzene rings is 2. The molecule has 0 fully saturated rings. The second-order valence-electron chi connectivity index (χ2n) is 4.44. The van der Waals surface area contributed by atoms with Crippen molar-refractivity contribution in [2.45, 2.75) is 6.10 Å². The van der Waals surface area contributed by atoms with Crippen LogP contribution in [0.5, 0.6) is 0 Å². The van der Waals surface area contributed by atoms with Gasteiger partial charge in [-0.05, 0) is 29.8 Å². The molecule has 4 nitrogen and oxygen atoms in total. The van der Waals surface area contributed by atoms with Gasteiger partial charge in [0.15, 0.2) is 6.10 Å². The number of fused-ring (bicyclic) bond motifs is 1. The number of halogens is 1. The Morgan fingerprint density at radius 3 is 2.50 bits per heavy atom. The summed E-state index contributed by atoms with van der Waals surface area (Å²) in [5, 5.41) is 8.92. The van der Waals surface area contributed by atoms with Crippen molar-refractivity contribution >= 4 is 11.9 Å². The van der Waals surface area contributed by atoms with Crippen molar-refractivity contribution in [1.82, 2.24) is 0 Å². The Hall–Kier alpha value is -2.69. The summed E-state index contributed by atoms with van der Waals surface area (Å²) < 4.78 is 18.2. The number of cyclic esters (lactones) is 1. The van der Waals surface area contributed by atoms with Crippen molar-refractivity contribution in [2.24, 2.45) is 0 Å². The van der Waals surface area contributed by atoms with E-state index in [1.54, 1.807) is 6.07 Å². The van der Waals surface area contributed by atoms with Crippen molar-refractivity contribution < 1.29 is 23.8 Å². The van der Waals surface area contributed by atoms with Gasteiger partial charge in [-0.3, -0.25) is 0 Å². The van der Waals surface area contributed by atoms with E-state index in [0.29, 0.717) is 11.1 Å². The summed E-state index contributed by atoms with van der Waals surface area (Å²) in [6.45, 7) is 0. The number of carboxylic acid groups (broad SMARTS) is 1. The van der Waals surface area contributed by atoms with Crippen molar-refractivity contribution in [3.05, 3.63) is 70.5 Å². The van der Waals surface area contributed by atoms with E-state index in [-0.39, 0.29) is 16.9 Å². The summed E-state index contributed by atoms with van der Waals surface area (Å²) >= 11 is 0. The Bertz CT molecular complexity index is 706. The van der Waals surface area contributed by atoms with Gasteiger partial charge >= 0.3 is 11.9 Å². The topological polar surface area (TPSA) is 63.6 Å². The van der Waals surface area contributed by atoms with Crippen LogP contribution in [0, 0.1) is 5.82 Å². The molecule has 1 N–H and O–H groups in total. The van der Waals surface area contributed by atoms with E-state index in [1.807, 2.05) is 0 Å². The lowest BCUT2D eigenvalue weighted by atomic mass is 9.97. The molecule has 2 aromatic carbocycles. The standard InChI is InChI=1S/C15H9FO4/c16-10-4-1-8(2-5-10)13-11-6-3-9(14(17)18)7-12(11)15(19)20-13/h1-7,13H,(H,17,18). The smallest absolute Gasteiger partial charge is 0.339 e. The van der Waals surface area contributed by atoms with Gasteiger partial charge in [0.1, 0.15) is 5.82 Å². The first kappa shape index (κ1) is 12.3. The number of carboxylic acids is 1. The molecule has 0 amide bonds. The first-order chi connectivity index (χ1) is 9.56. The van der Waals surface area contributed by atoms with Gasteiger partial charge in [-0.1, -0.05) is 18.2 Å². The van der Waals surface area contributed by atoms with Crippen LogP contribution in [-0.4, -0.2) is 17.0 Å². The summed E-state index contributed by atoms with van der Waals surface area (Å²) in [7, 11) is 0. The lowest BCUT2D eigenvalue weighted by molar-refractivity contribution is 0.0455. The number of esters is 1. The van der Waals surface area contributed by atoms with Crippen LogP contribution in [0.15, 0.2) is 42.5 Å². The van der Waals surface area contributed by atoms with E-state index in [4.69, 9.17) is 9.84 Å². The predicted molar refractivity (Wildman–Crippen MR) is 67.1 cm³/mol. The van der Waals surface area contributed by atoms with Crippen LogP contribution in [0.1, 0.15) is 37.9 Å². The van der Waals surface area contributed by atoms with E-state index in [9.17, 15) is 14.0 Å². The summed E-state index contributed by atoms with van der Waals surface area (Å²) in [4.78, 5) is 22.7. The quantitative estimate of drug-likeness (QED) is 0.854. The molecular formula is C15H9FO4. The van der Waals surface area contributed by atoms with Crippen molar-refractivity contribution in [1.29, 1.82) is 0 Å². The molecule has 0 saturated heterocycles. The van der Waals surface area contributed by atoms with Crippen LogP contribution in [-0.2, 0) is 4.74 Å². The molecule has 2 aromatic rings. The minimum atomic E-state index is -1.11. The Morgan fingerprint density at radius 1 is 1.15 bits per heavy atom. The van der Waals surface area contributed by atoms with Gasteiger partial charge < -0.3 is 9.84 Å². The van der Waals surface area contributed by atoms with E-state index >= 15 is 0 Å². The molecule has 20 heavy (non-hydrogen) atoms. The second-order valence-corrected chi connectivity index (χ2v) is 4.44. The van der Waals surface area contributed by atoms with Gasteiger partial charge in [-0.25, -0.2) is 14.0 Å². The second kappa shape index (κ2) is 4.45. The summed E-state index contributed by atoms with van der Waals surface area (Å²) in [6.07, 6.45) is -0.624. The average molecular weight is 272 g/mol. The molecule has 3 rings (SSSR count). The number of carbonyl (C=O) groups is 2. The molecule has 0 bridgehead atoms. The molecule has 0 saturated carbocycles. The molecule has 0 spiro atoms. The number of rotatable bonds is 2. The van der Waals surface area contributed by atoms with Crippen LogP contribution in [0.2, 0.25) is 0 Å². The lowest BCUT2D eigenvalue weighted by Crippen LogP contribution is -2.00. The highest BCUT2D eigenvalue weighted by Gasteiger charge is 2.32. The minimum absolute atomic E-state index is 0.0282. The SMILES string of the molecule is O=C(O)c1ccc2c(c1)C(=O)OC2c1ccc(F)cc1. The van der Waals surface area contributed by atoms with Gasteiger partial charge in [-0.2, -0.15) is 0 Å². The maximum absolute atomic E-state index is 12.9. The van der Waals surface area contributed by atoms with E-state index < -0.39 is 18.0 Å². The van der Waals surface area contributed by atoms with Gasteiger partial charge in [0, 0.05) is 5.56 Å². The number of hydrogen-bond acceptors (Lipinski definition) is 3. The van der Waals surface area contributed by atoms with Crippen molar-refractivity contribution in [3.8, 4) is 0 Å². The fraction of sp³-hybridized carbons (Fsp3) is 0.0667. The first-order valence-electron chi connectivity index (χ1n) is 5.90. The zero-order chi connectivity index (χ0) is 14.3. The molecule has 0 aliphatic carbocycles. The first-order valence-corrected chi connectivity index (χ1v) is 5.90. The van der Waals surface area contributed by atoms with Crippen LogP contribution in [0.3, 0.4) is 0 Å². The minimum Gasteiger partial charge on any atom is -0.478 e. The van der Waals surface area contributed by atoms with Crippen LogP contribution >= 0.6 is 0 Å². The maximum Gasteiger partial charge on any atom is 0.339 e.